The van der Waals surface area contributed by atoms with E-state index < -0.39 is 53.4 Å². The molecule has 2 aliphatic heterocycles. The van der Waals surface area contributed by atoms with Crippen molar-refractivity contribution in [2.45, 2.75) is 29.7 Å². The zero-order valence-corrected chi connectivity index (χ0v) is 41.6. The number of nitrogens with one attached hydrogen (secondary N) is 2. The average molecular weight is 1020 g/mol. The molecule has 2 N–H and O–H groups in total. The van der Waals surface area contributed by atoms with Crippen LogP contribution in [0.1, 0.15) is 45.2 Å². The van der Waals surface area contributed by atoms with Crippen LogP contribution in [0.3, 0.4) is 0 Å². The van der Waals surface area contributed by atoms with E-state index in [4.69, 9.17) is 19.3 Å². The van der Waals surface area contributed by atoms with Crippen LogP contribution in [0.2, 0.25) is 0 Å². The predicted octanol–water partition coefficient (Wildman–Crippen LogP) is 10.0. The first-order chi connectivity index (χ1) is 34.8. The number of rotatable bonds is 20. The molecule has 6 aromatic carbocycles. The molecule has 16 heteroatoms. The van der Waals surface area contributed by atoms with Gasteiger partial charge in [0.05, 0.1) is 0 Å². The van der Waals surface area contributed by atoms with Crippen molar-refractivity contribution in [3.8, 4) is 0 Å². The minimum absolute atomic E-state index is 0.0210. The molecule has 0 bridgehead atoms. The van der Waals surface area contributed by atoms with Crippen molar-refractivity contribution < 1.29 is 33.5 Å². The van der Waals surface area contributed by atoms with Crippen LogP contribution in [-0.4, -0.2) is 74.5 Å². The lowest BCUT2D eigenvalue weighted by Gasteiger charge is -2.49. The van der Waals surface area contributed by atoms with Gasteiger partial charge in [0.2, 0.25) is 6.61 Å². The van der Waals surface area contributed by atoms with Crippen molar-refractivity contribution in [3.63, 3.8) is 0 Å². The summed E-state index contributed by atoms with van der Waals surface area (Å²) in [6.45, 7) is -0.584. The lowest BCUT2D eigenvalue weighted by molar-refractivity contribution is -0.154. The van der Waals surface area contributed by atoms with Gasteiger partial charge < -0.3 is 24.9 Å². The van der Waals surface area contributed by atoms with Crippen LogP contribution in [0.4, 0.5) is 5.13 Å². The minimum Gasteiger partial charge on any atom is -0.458 e. The fourth-order valence-electron chi connectivity index (χ4n) is 8.29. The van der Waals surface area contributed by atoms with Crippen molar-refractivity contribution in [1.82, 2.24) is 15.2 Å². The highest BCUT2D eigenvalue weighted by atomic mass is 32.2. The number of hydrogen-bond donors (Lipinski definition) is 2. The first kappa shape index (κ1) is 48.9. The van der Waals surface area contributed by atoms with Crippen molar-refractivity contribution in [3.05, 3.63) is 237 Å². The molecule has 2 aliphatic rings. The second-order valence-electron chi connectivity index (χ2n) is 16.2. The molecular formula is C55H47N5O7S4. The van der Waals surface area contributed by atoms with Crippen molar-refractivity contribution in [2.75, 3.05) is 29.0 Å². The Kier molecular flexibility index (Phi) is 16.0. The number of oxime groups is 1. The van der Waals surface area contributed by atoms with Gasteiger partial charge in [0, 0.05) is 21.1 Å². The number of anilines is 1. The van der Waals surface area contributed by atoms with E-state index in [9.17, 15) is 19.2 Å². The Labute approximate surface area is 428 Å². The summed E-state index contributed by atoms with van der Waals surface area (Å²) in [5.41, 5.74) is 4.25. The maximum absolute atomic E-state index is 14.6. The van der Waals surface area contributed by atoms with E-state index in [0.717, 1.165) is 33.4 Å². The first-order valence-electron chi connectivity index (χ1n) is 22.6. The molecule has 2 amide bonds. The summed E-state index contributed by atoms with van der Waals surface area (Å²) in [7, 11) is 0. The summed E-state index contributed by atoms with van der Waals surface area (Å²) in [5.74, 6) is -2.22. The van der Waals surface area contributed by atoms with Crippen LogP contribution in [0.25, 0.3) is 0 Å². The summed E-state index contributed by atoms with van der Waals surface area (Å²) in [6, 6.07) is 57.1. The number of nitrogens with zero attached hydrogens (tertiary/aromatic N) is 3. The van der Waals surface area contributed by atoms with Crippen LogP contribution < -0.4 is 10.6 Å². The smallest absolute Gasteiger partial charge is 0.356 e. The van der Waals surface area contributed by atoms with Crippen LogP contribution in [-0.2, 0) is 45.6 Å². The monoisotopic (exact) mass is 1020 g/mol. The molecule has 71 heavy (non-hydrogen) atoms. The topological polar surface area (TPSA) is 149 Å². The number of ether oxygens (including phenoxy) is 2. The molecule has 358 valence electrons. The molecule has 2 atom stereocenters. The summed E-state index contributed by atoms with van der Waals surface area (Å²) < 4.78 is 11.7. The van der Waals surface area contributed by atoms with Gasteiger partial charge in [-0.3, -0.25) is 14.5 Å². The van der Waals surface area contributed by atoms with Gasteiger partial charge in [0.25, 0.3) is 11.8 Å². The van der Waals surface area contributed by atoms with Gasteiger partial charge in [-0.05, 0) is 39.6 Å². The molecular weight excluding hydrogens is 971 g/mol. The summed E-state index contributed by atoms with van der Waals surface area (Å²) in [5, 5.41) is 12.9. The molecule has 1 aromatic heterocycles. The Hall–Kier alpha value is -7.11. The van der Waals surface area contributed by atoms with E-state index in [0.29, 0.717) is 20.9 Å². The van der Waals surface area contributed by atoms with E-state index in [1.165, 1.54) is 39.8 Å². The Morgan fingerprint density at radius 1 is 0.775 bits per heavy atom. The number of aromatic nitrogens is 1. The molecule has 7 aromatic rings. The fraction of sp³-hybridized carbons (Fsp3) is 0.164. The highest BCUT2D eigenvalue weighted by molar-refractivity contribution is 8.18. The molecule has 1 fully saturated rings. The molecule has 0 unspecified atom stereocenters. The quantitative estimate of drug-likeness (QED) is 0.0187. The fourth-order valence-corrected chi connectivity index (χ4v) is 12.1. The third-order valence-electron chi connectivity index (χ3n) is 11.7. The van der Waals surface area contributed by atoms with Crippen LogP contribution >= 0.6 is 46.6 Å². The molecule has 12 nitrogen and oxygen atoms in total. The van der Waals surface area contributed by atoms with Crippen molar-refractivity contribution in [1.29, 1.82) is 0 Å². The summed E-state index contributed by atoms with van der Waals surface area (Å²) >= 11 is 5.76. The summed E-state index contributed by atoms with van der Waals surface area (Å²) in [6.07, 6.45) is 1.23. The Morgan fingerprint density at radius 2 is 1.31 bits per heavy atom. The number of thiazole rings is 1. The Morgan fingerprint density at radius 3 is 1.86 bits per heavy atom. The number of esters is 2. The van der Waals surface area contributed by atoms with Gasteiger partial charge in [-0.1, -0.05) is 187 Å². The highest BCUT2D eigenvalue weighted by Gasteiger charge is 2.55. The van der Waals surface area contributed by atoms with Gasteiger partial charge >= 0.3 is 11.9 Å². The lowest BCUT2D eigenvalue weighted by atomic mass is 9.77. The molecule has 3 heterocycles. The number of carbonyl (C=O) groups excluding carboxylic acids is 4. The standard InChI is InChI=1S/C55H47N5O7S4/c1-68-36-71-44-35-69-52-47(51(63)60(52)48(44)53(64)67-49(38-22-10-3-11-23-38)39-24-12-4-13-25-39)57-50(62)46(59-66-33-45(61)65-32-37-20-8-2-9-21-37)43-34-70-54(56-43)58-55(40-26-14-5-15-27-40,41-28-16-6-17-29-41)42-30-18-7-19-31-42/h2-31,34,47,49,52H,32-33,35-36H2,1H3,(H,56,58)(H,57,62)/b59-46-/t47-,52-/m1/s1. The molecule has 1 saturated heterocycles. The van der Waals surface area contributed by atoms with Gasteiger partial charge in [-0.25, -0.2) is 14.6 Å². The van der Waals surface area contributed by atoms with Gasteiger partial charge in [-0.15, -0.1) is 34.9 Å². The van der Waals surface area contributed by atoms with Crippen LogP contribution in [0.15, 0.2) is 203 Å². The third kappa shape index (κ3) is 11.1. The van der Waals surface area contributed by atoms with E-state index in [1.54, 1.807) is 17.1 Å². The zero-order chi connectivity index (χ0) is 49.0. The van der Waals surface area contributed by atoms with Crippen molar-refractivity contribution in [2.24, 2.45) is 5.16 Å². The van der Waals surface area contributed by atoms with Crippen LogP contribution in [0, 0.1) is 0 Å². The zero-order valence-electron chi connectivity index (χ0n) is 38.3. The number of β-lactam (4-membered cyclic amide) rings is 1. The molecule has 0 aliphatic carbocycles. The second kappa shape index (κ2) is 23.2. The van der Waals surface area contributed by atoms with E-state index >= 15 is 0 Å². The number of fused-ring (bicyclic) bond motifs is 1. The number of carbonyl (C=O) groups is 4. The van der Waals surface area contributed by atoms with Gasteiger partial charge in [0.15, 0.2) is 16.9 Å². The largest absolute Gasteiger partial charge is 0.458 e. The van der Waals surface area contributed by atoms with Crippen LogP contribution in [0.5, 0.6) is 0 Å². The normalized spacial score (nSPS) is 15.6. The predicted molar refractivity (Wildman–Crippen MR) is 283 cm³/mol. The Balaban J connectivity index is 0.999. The summed E-state index contributed by atoms with van der Waals surface area (Å²) in [4.78, 5) is 68.9. The second-order valence-corrected chi connectivity index (χ2v) is 20.4. The minimum atomic E-state index is -1.05. The van der Waals surface area contributed by atoms with Crippen molar-refractivity contribution >= 4 is 81.2 Å². The maximum Gasteiger partial charge on any atom is 0.356 e. The third-order valence-corrected chi connectivity index (χ3v) is 16.0. The number of hydrogen-bond acceptors (Lipinski definition) is 14. The SMILES string of the molecule is CSCSC1=C(C(=O)OC(c2ccccc2)c2ccccc2)N2C(=O)[C@@H](NC(=O)/C(=N\OCC(=O)OCc3ccccc3)c3csc(NC(c4ccccc4)(c4ccccc4)c4ccccc4)n3)[C@H]2SC1. The van der Waals surface area contributed by atoms with E-state index in [2.05, 4.69) is 15.8 Å². The maximum atomic E-state index is 14.6. The molecule has 0 saturated carbocycles. The highest BCUT2D eigenvalue weighted by Crippen LogP contribution is 2.45. The first-order valence-corrected chi connectivity index (χ1v) is 26.9. The molecule has 0 radical (unpaired) electrons. The van der Waals surface area contributed by atoms with Gasteiger partial charge in [0.1, 0.15) is 35.0 Å². The van der Waals surface area contributed by atoms with Gasteiger partial charge in [-0.2, -0.15) is 11.8 Å². The Bertz CT molecular complexity index is 2870. The van der Waals surface area contributed by atoms with E-state index in [1.807, 2.05) is 188 Å². The number of amides is 2. The van der Waals surface area contributed by atoms with E-state index in [-0.39, 0.29) is 23.7 Å². The number of benzene rings is 6. The molecule has 0 spiro atoms. The molecule has 9 rings (SSSR count). The average Bonchev–Trinajstić information content (AvgIpc) is 3.89. The lowest BCUT2D eigenvalue weighted by Crippen LogP contribution is -2.71. The number of thioether (sulfide) groups is 3.